The Bertz CT molecular complexity index is 5320. The maximum atomic E-state index is 14.5. The first-order valence-electron chi connectivity index (χ1n) is 33.9. The number of carbonyl (C=O) groups is 3. The molecule has 3 fully saturated rings. The fourth-order valence-electron chi connectivity index (χ4n) is 14.9. The van der Waals surface area contributed by atoms with Crippen LogP contribution in [-0.2, 0) is 9.59 Å². The number of amides is 4. The third-order valence-corrected chi connectivity index (χ3v) is 20.9. The summed E-state index contributed by atoms with van der Waals surface area (Å²) in [5.74, 6) is 11.0. The molecular formula is C76H78FN19O3S. The summed E-state index contributed by atoms with van der Waals surface area (Å²) in [4.78, 5) is 78.1. The highest BCUT2D eigenvalue weighted by Gasteiger charge is 2.33. The highest BCUT2D eigenvalue weighted by atomic mass is 32.1. The monoisotopic (exact) mass is 1360 g/mol. The van der Waals surface area contributed by atoms with Crippen LogP contribution in [0.5, 0.6) is 0 Å². The molecule has 1 aliphatic heterocycles. The Hall–Kier alpha value is -11.5. The Labute approximate surface area is 580 Å². The Morgan fingerprint density at radius 3 is 1.50 bits per heavy atom. The first kappa shape index (κ1) is 65.8. The van der Waals surface area contributed by atoms with Gasteiger partial charge in [-0.2, -0.15) is 0 Å². The summed E-state index contributed by atoms with van der Waals surface area (Å²) >= 11 is 1.74. The van der Waals surface area contributed by atoms with Crippen LogP contribution in [-0.4, -0.2) is 126 Å². The molecule has 1 saturated heterocycles. The zero-order valence-electron chi connectivity index (χ0n) is 56.2. The molecule has 0 unspecified atom stereocenters. The van der Waals surface area contributed by atoms with Gasteiger partial charge >= 0.3 is 6.03 Å². The maximum absolute atomic E-state index is 14.5. The van der Waals surface area contributed by atoms with E-state index in [4.69, 9.17) is 45.0 Å². The number of piperidine rings is 1. The number of urea groups is 1. The van der Waals surface area contributed by atoms with E-state index < -0.39 is 0 Å². The number of rotatable bonds is 11. The van der Waals surface area contributed by atoms with Crippen molar-refractivity contribution in [3.63, 3.8) is 0 Å². The lowest BCUT2D eigenvalue weighted by atomic mass is 9.81. The number of hydrogen-bond donors (Lipinski definition) is 8. The molecule has 508 valence electrons. The largest absolute Gasteiger partial charge is 0.382 e. The number of H-pyrrole nitrogens is 3. The van der Waals surface area contributed by atoms with Crippen molar-refractivity contribution in [3.8, 4) is 69.3 Å². The second-order valence-electron chi connectivity index (χ2n) is 26.5. The molecule has 100 heavy (non-hydrogen) atoms. The van der Waals surface area contributed by atoms with E-state index in [9.17, 15) is 18.8 Å². The number of nitrogens with two attached hydrogens (primary N) is 3. The Kier molecular flexibility index (Phi) is 18.3. The Morgan fingerprint density at radius 2 is 1.03 bits per heavy atom. The third kappa shape index (κ3) is 12.8. The van der Waals surface area contributed by atoms with E-state index in [1.165, 1.54) is 16.5 Å². The van der Waals surface area contributed by atoms with Crippen LogP contribution < -0.4 is 27.8 Å². The SMILES string of the molecule is C#Cc1ccc(F)c2cc(-c3nc(C4CCC(CNC(C)=O)CC4)n4ccnc(N)c34)[nH]c12.C#Cc1cccc2cc(-c3nc(C4CCN(C(=O)N(C)C)CC4)n4ccnc(N)c34)[nH]c12.CC(=O)NCC1CCC(c2nc(-c3cc4cccc(-c5cccs5)c4[nH]3)c3c(N)nccn23)CC1. The molecule has 16 rings (SSSR count). The van der Waals surface area contributed by atoms with Crippen LogP contribution in [0.2, 0.25) is 0 Å². The fourth-order valence-corrected chi connectivity index (χ4v) is 15.6. The van der Waals surface area contributed by atoms with Gasteiger partial charge in [0, 0.05) is 147 Å². The molecule has 11 heterocycles. The van der Waals surface area contributed by atoms with E-state index in [2.05, 4.69) is 98.6 Å². The molecule has 0 radical (unpaired) electrons. The Morgan fingerprint density at radius 1 is 0.580 bits per heavy atom. The van der Waals surface area contributed by atoms with Gasteiger partial charge in [0.1, 0.15) is 74.4 Å². The summed E-state index contributed by atoms with van der Waals surface area (Å²) in [6.07, 6.45) is 32.0. The zero-order chi connectivity index (χ0) is 69.5. The number of nitrogens with one attached hydrogen (secondary N) is 5. The van der Waals surface area contributed by atoms with Crippen molar-refractivity contribution >= 4 is 95.9 Å². The van der Waals surface area contributed by atoms with Crippen LogP contribution in [0.25, 0.3) is 93.9 Å². The van der Waals surface area contributed by atoms with E-state index in [-0.39, 0.29) is 35.5 Å². The van der Waals surface area contributed by atoms with Crippen LogP contribution >= 0.6 is 11.3 Å². The van der Waals surface area contributed by atoms with E-state index in [1.54, 1.807) is 74.9 Å². The van der Waals surface area contributed by atoms with Crippen molar-refractivity contribution in [3.05, 3.63) is 156 Å². The number of halogens is 1. The number of aromatic nitrogens is 12. The quantitative estimate of drug-likeness (QED) is 0.0561. The standard InChI is InChI=1S/C27H28N6OS.C25H25FN6O.C24H25N7O/c1-16(34)30-15-17-7-9-18(10-8-17)27-32-24(25-26(28)29-11-12-33(25)27)21-14-19-4-2-5-20(23(19)31-21)22-6-3-13-35-22;1-3-16-8-9-19(26)18-12-20(30-21(16)18)22-23-24(27)28-10-11-32(23)25(31-22)17-6-4-15(5-7-17)13-29-14(2)33;1-4-15-6-5-7-17-14-18(27-19(15)17)20-21-22(25)26-10-13-31(21)23(28-20)16-8-11-30(12-9-16)24(32)29(2)3/h2-6,11-14,17-18,31H,7-10,15H2,1H3,(H2,28,29)(H,30,34);1,8-12,15,17,30H,4-7,13H2,2H3,(H2,27,28)(H,29,33);1,5-7,10,13-14,16,27H,8-9,11-12H2,2-3H3,(H2,25,26). The van der Waals surface area contributed by atoms with Gasteiger partial charge in [0.2, 0.25) is 11.8 Å². The third-order valence-electron chi connectivity index (χ3n) is 20.0. The van der Waals surface area contributed by atoms with Gasteiger partial charge in [-0.3, -0.25) is 22.8 Å². The number of para-hydroxylation sites is 2. The van der Waals surface area contributed by atoms with Gasteiger partial charge in [-0.25, -0.2) is 39.1 Å². The molecule has 0 atom stereocenters. The van der Waals surface area contributed by atoms with E-state index >= 15 is 0 Å². The van der Waals surface area contributed by atoms with Crippen LogP contribution in [0, 0.1) is 42.3 Å². The van der Waals surface area contributed by atoms with Crippen molar-refractivity contribution in [1.29, 1.82) is 0 Å². The molecule has 0 bridgehead atoms. The number of anilines is 3. The van der Waals surface area contributed by atoms with Crippen molar-refractivity contribution in [2.45, 2.75) is 95.8 Å². The fraction of sp³-hybridized carbons (Fsp3) is 0.303. The lowest BCUT2D eigenvalue weighted by Crippen LogP contribution is -2.43. The van der Waals surface area contributed by atoms with Gasteiger partial charge in [-0.1, -0.05) is 48.2 Å². The Balaban J connectivity index is 0.000000128. The molecule has 24 heteroatoms. The highest BCUT2D eigenvalue weighted by molar-refractivity contribution is 7.13. The van der Waals surface area contributed by atoms with Crippen LogP contribution in [0.4, 0.5) is 26.6 Å². The number of thiophene rings is 1. The summed E-state index contributed by atoms with van der Waals surface area (Å²) in [6.45, 7) is 5.99. The average molecular weight is 1360 g/mol. The average Bonchev–Trinajstić information content (AvgIpc) is 1.61. The van der Waals surface area contributed by atoms with Crippen molar-refractivity contribution < 1.29 is 18.8 Å². The molecule has 3 aliphatic rings. The lowest BCUT2D eigenvalue weighted by Gasteiger charge is -2.33. The predicted molar refractivity (Wildman–Crippen MR) is 393 cm³/mol. The normalized spacial score (nSPS) is 17.2. The zero-order valence-corrected chi connectivity index (χ0v) is 57.0. The van der Waals surface area contributed by atoms with Crippen LogP contribution in [0.1, 0.15) is 124 Å². The summed E-state index contributed by atoms with van der Waals surface area (Å²) in [6, 6.07) is 25.4. The molecule has 11 N–H and O–H groups in total. The summed E-state index contributed by atoms with van der Waals surface area (Å²) in [5.41, 5.74) is 31.2. The molecular weight excluding hydrogens is 1280 g/mol. The molecule has 2 saturated carbocycles. The number of nitrogen functional groups attached to an aromatic ring is 3. The number of fused-ring (bicyclic) bond motifs is 6. The molecule has 2 aliphatic carbocycles. The lowest BCUT2D eigenvalue weighted by molar-refractivity contribution is -0.120. The maximum Gasteiger partial charge on any atom is 0.319 e. The minimum Gasteiger partial charge on any atom is -0.382 e. The molecule has 10 aromatic heterocycles. The first-order chi connectivity index (χ1) is 48.5. The topological polar surface area (TPSA) is 298 Å². The van der Waals surface area contributed by atoms with Gasteiger partial charge in [0.25, 0.3) is 0 Å². The van der Waals surface area contributed by atoms with Gasteiger partial charge < -0.3 is 52.6 Å². The summed E-state index contributed by atoms with van der Waals surface area (Å²) in [7, 11) is 3.56. The van der Waals surface area contributed by atoms with Crippen LogP contribution in [0.15, 0.2) is 121 Å². The summed E-state index contributed by atoms with van der Waals surface area (Å²) in [5, 5.41) is 10.6. The first-order valence-corrected chi connectivity index (χ1v) is 34.7. The minimum atomic E-state index is -0.348. The summed E-state index contributed by atoms with van der Waals surface area (Å²) < 4.78 is 20.7. The van der Waals surface area contributed by atoms with Crippen molar-refractivity contribution in [2.75, 3.05) is 57.5 Å². The second kappa shape index (κ2) is 27.8. The second-order valence-corrected chi connectivity index (χ2v) is 27.5. The molecule has 4 amide bonds. The molecule has 13 aromatic rings. The van der Waals surface area contributed by atoms with Crippen LogP contribution in [0.3, 0.4) is 0 Å². The van der Waals surface area contributed by atoms with Gasteiger partial charge in [-0.05, 0) is 124 Å². The number of carbonyl (C=O) groups excluding carboxylic acids is 3. The molecule has 3 aromatic carbocycles. The van der Waals surface area contributed by atoms with E-state index in [0.29, 0.717) is 88.2 Å². The smallest absolute Gasteiger partial charge is 0.319 e. The van der Waals surface area contributed by atoms with E-state index in [1.807, 2.05) is 56.6 Å². The van der Waals surface area contributed by atoms with E-state index in [0.717, 1.165) is 149 Å². The van der Waals surface area contributed by atoms with Gasteiger partial charge in [0.05, 0.1) is 33.6 Å². The van der Waals surface area contributed by atoms with Gasteiger partial charge in [0.15, 0.2) is 0 Å². The highest BCUT2D eigenvalue weighted by Crippen LogP contribution is 2.43. The predicted octanol–water partition coefficient (Wildman–Crippen LogP) is 12.9. The number of terminal acetylenes is 2. The van der Waals surface area contributed by atoms with Gasteiger partial charge in [-0.15, -0.1) is 24.2 Å². The number of imidazole rings is 3. The number of benzene rings is 3. The number of aromatic amines is 3. The minimum absolute atomic E-state index is 0.00626. The van der Waals surface area contributed by atoms with Crippen molar-refractivity contribution in [1.82, 2.24) is 78.5 Å². The molecule has 0 spiro atoms. The van der Waals surface area contributed by atoms with Crippen molar-refractivity contribution in [2.24, 2.45) is 11.8 Å². The number of hydrogen-bond acceptors (Lipinski definition) is 13. The number of nitrogens with zero attached hydrogens (tertiary/aromatic N) is 11. The number of likely N-dealkylation sites (tertiary alicyclic amines) is 1. The molecule has 22 nitrogen and oxygen atoms in total.